The van der Waals surface area contributed by atoms with E-state index in [4.69, 9.17) is 9.57 Å². The standard InChI is InChI=1S/C40H47N5O8S/c46-36-34-22-27(53-43-35-31-17-10-8-15-29(31)30-16-9-11-18-32(30)35)24-45(34)37(47)33(41-39(49)52-26-13-6-7-14-26)19-5-3-1-2-4-12-25-23-40(25,42-36)38(48)44-54(50,51)28-20-21-28/h4,8-12,15-18,25-28,33-34H,1-3,5-7,13-14,19-24H2,(H,41,49)(H,42,46)(H,44,48)/b12-4-/t25-,27-,33+,34+,40+/m1/s1. The molecule has 4 amide bonds. The highest BCUT2D eigenvalue weighted by Crippen LogP contribution is 2.46. The van der Waals surface area contributed by atoms with Gasteiger partial charge in [0.05, 0.1) is 11.8 Å². The number of rotatable bonds is 7. The van der Waals surface area contributed by atoms with Gasteiger partial charge in [0, 0.05) is 23.5 Å². The van der Waals surface area contributed by atoms with E-state index in [-0.39, 0.29) is 25.5 Å². The molecule has 8 rings (SSSR count). The fourth-order valence-electron chi connectivity index (χ4n) is 8.39. The minimum atomic E-state index is -3.88. The number of nitrogens with one attached hydrogen (secondary N) is 3. The van der Waals surface area contributed by atoms with Gasteiger partial charge in [-0.2, -0.15) is 0 Å². The van der Waals surface area contributed by atoms with Crippen LogP contribution in [-0.2, 0) is 34.0 Å². The van der Waals surface area contributed by atoms with Gasteiger partial charge < -0.3 is 25.1 Å². The minimum absolute atomic E-state index is 0.00539. The predicted octanol–water partition coefficient (Wildman–Crippen LogP) is 4.45. The zero-order valence-corrected chi connectivity index (χ0v) is 31.0. The molecule has 0 radical (unpaired) electrons. The topological polar surface area (TPSA) is 173 Å². The van der Waals surface area contributed by atoms with Gasteiger partial charge in [-0.05, 0) is 75.3 Å². The van der Waals surface area contributed by atoms with Crippen molar-refractivity contribution in [3.8, 4) is 11.1 Å². The Labute approximate surface area is 315 Å². The average molecular weight is 758 g/mol. The van der Waals surface area contributed by atoms with Crippen LogP contribution in [0.15, 0.2) is 65.8 Å². The summed E-state index contributed by atoms with van der Waals surface area (Å²) in [5.74, 6) is -2.24. The van der Waals surface area contributed by atoms with Crippen molar-refractivity contribution < 1.29 is 37.2 Å². The second-order valence-corrected chi connectivity index (χ2v) is 17.5. The molecule has 0 spiro atoms. The molecule has 0 aromatic heterocycles. The van der Waals surface area contributed by atoms with Crippen LogP contribution in [0.5, 0.6) is 0 Å². The van der Waals surface area contributed by atoms with E-state index in [0.717, 1.165) is 60.8 Å². The molecule has 2 aliphatic heterocycles. The summed E-state index contributed by atoms with van der Waals surface area (Å²) in [5, 5.41) is 9.71. The Balaban J connectivity index is 1.08. The van der Waals surface area contributed by atoms with Crippen molar-refractivity contribution in [2.45, 2.75) is 119 Å². The van der Waals surface area contributed by atoms with Gasteiger partial charge in [-0.25, -0.2) is 13.2 Å². The number of amides is 4. The van der Waals surface area contributed by atoms with Crippen molar-refractivity contribution in [1.82, 2.24) is 20.3 Å². The van der Waals surface area contributed by atoms with Crippen molar-refractivity contribution in [3.05, 3.63) is 71.8 Å². The van der Waals surface area contributed by atoms with Crippen LogP contribution >= 0.6 is 0 Å². The first-order valence-electron chi connectivity index (χ1n) is 19.4. The molecule has 6 aliphatic rings. The second-order valence-electron chi connectivity index (χ2n) is 15.5. The molecular formula is C40H47N5O8S. The molecule has 4 fully saturated rings. The maximum absolute atomic E-state index is 14.5. The van der Waals surface area contributed by atoms with Gasteiger partial charge in [0.1, 0.15) is 35.5 Å². The molecule has 0 unspecified atom stereocenters. The number of carbonyl (C=O) groups is 4. The molecule has 2 aromatic carbocycles. The summed E-state index contributed by atoms with van der Waals surface area (Å²) >= 11 is 0. The van der Waals surface area contributed by atoms with Gasteiger partial charge >= 0.3 is 6.09 Å². The Morgan fingerprint density at radius 3 is 2.20 bits per heavy atom. The lowest BCUT2D eigenvalue weighted by atomic mass is 10.0. The van der Waals surface area contributed by atoms with E-state index in [1.165, 1.54) is 4.90 Å². The Bertz CT molecular complexity index is 1940. The van der Waals surface area contributed by atoms with E-state index < -0.39 is 68.7 Å². The maximum Gasteiger partial charge on any atom is 0.408 e. The number of fused-ring (bicyclic) bond motifs is 5. The van der Waals surface area contributed by atoms with Crippen LogP contribution in [0.1, 0.15) is 94.6 Å². The van der Waals surface area contributed by atoms with E-state index >= 15 is 0 Å². The Kier molecular flexibility index (Phi) is 9.97. The summed E-state index contributed by atoms with van der Waals surface area (Å²) in [6.07, 6.45) is 10.4. The lowest BCUT2D eigenvalue weighted by Crippen LogP contribution is -2.58. The third kappa shape index (κ3) is 7.36. The first-order valence-corrected chi connectivity index (χ1v) is 20.9. The van der Waals surface area contributed by atoms with E-state index in [9.17, 15) is 27.6 Å². The first kappa shape index (κ1) is 36.3. The predicted molar refractivity (Wildman–Crippen MR) is 199 cm³/mol. The van der Waals surface area contributed by atoms with Crippen molar-refractivity contribution in [2.75, 3.05) is 6.54 Å². The van der Waals surface area contributed by atoms with Crippen molar-refractivity contribution in [3.63, 3.8) is 0 Å². The summed E-state index contributed by atoms with van der Waals surface area (Å²) in [6, 6.07) is 13.8. The summed E-state index contributed by atoms with van der Waals surface area (Å²) in [5.41, 5.74) is 3.05. The number of oxime groups is 1. The van der Waals surface area contributed by atoms with Crippen LogP contribution < -0.4 is 15.4 Å². The number of nitrogens with zero attached hydrogens (tertiary/aromatic N) is 2. The molecule has 54 heavy (non-hydrogen) atoms. The van der Waals surface area contributed by atoms with Crippen molar-refractivity contribution >= 4 is 39.5 Å². The number of ether oxygens (including phenoxy) is 1. The Hall–Kier alpha value is -4.72. The largest absolute Gasteiger partial charge is 0.446 e. The van der Waals surface area contributed by atoms with Gasteiger partial charge in [-0.1, -0.05) is 78.7 Å². The fraction of sp³-hybridized carbons (Fsp3) is 0.525. The zero-order valence-electron chi connectivity index (χ0n) is 30.2. The highest BCUT2D eigenvalue weighted by Gasteiger charge is 2.62. The number of sulfonamides is 1. The van der Waals surface area contributed by atoms with Gasteiger partial charge in [0.15, 0.2) is 0 Å². The monoisotopic (exact) mass is 757 g/mol. The summed E-state index contributed by atoms with van der Waals surface area (Å²) < 4.78 is 33.6. The molecule has 2 heterocycles. The Morgan fingerprint density at radius 1 is 0.852 bits per heavy atom. The SMILES string of the molecule is O=C(N[C@H]1CCCCC/C=C\[C@@H]2C[C@]2(C(=O)NS(=O)(=O)C2CC2)NC(=O)[C@@H]2C[C@@H](ON=C3c4ccccc4-c4ccccc43)CN2C1=O)OC1CCCC1. The lowest BCUT2D eigenvalue weighted by Gasteiger charge is -2.30. The minimum Gasteiger partial charge on any atom is -0.446 e. The van der Waals surface area contributed by atoms with E-state index in [1.54, 1.807) is 0 Å². The number of hydrogen-bond donors (Lipinski definition) is 3. The second kappa shape index (κ2) is 14.8. The fourth-order valence-corrected chi connectivity index (χ4v) is 9.76. The van der Waals surface area contributed by atoms with Crippen LogP contribution in [0.25, 0.3) is 11.1 Å². The smallest absolute Gasteiger partial charge is 0.408 e. The number of benzene rings is 2. The number of alkyl carbamates (subject to hydrolysis) is 1. The van der Waals surface area contributed by atoms with Gasteiger partial charge in [0.25, 0.3) is 5.91 Å². The third-order valence-electron chi connectivity index (χ3n) is 11.7. The summed E-state index contributed by atoms with van der Waals surface area (Å²) in [6.45, 7) is 0.00539. The summed E-state index contributed by atoms with van der Waals surface area (Å²) in [4.78, 5) is 63.3. The van der Waals surface area contributed by atoms with Crippen LogP contribution in [0.3, 0.4) is 0 Å². The third-order valence-corrected chi connectivity index (χ3v) is 13.5. The van der Waals surface area contributed by atoms with Crippen LogP contribution in [0.2, 0.25) is 0 Å². The molecule has 286 valence electrons. The molecule has 3 saturated carbocycles. The molecule has 0 bridgehead atoms. The quantitative estimate of drug-likeness (QED) is 0.234. The maximum atomic E-state index is 14.5. The highest BCUT2D eigenvalue weighted by molar-refractivity contribution is 7.91. The van der Waals surface area contributed by atoms with Gasteiger partial charge in [-0.3, -0.25) is 19.1 Å². The van der Waals surface area contributed by atoms with E-state index in [0.29, 0.717) is 37.8 Å². The van der Waals surface area contributed by atoms with E-state index in [2.05, 4.69) is 20.5 Å². The summed E-state index contributed by atoms with van der Waals surface area (Å²) in [7, 11) is -3.88. The molecule has 2 aromatic rings. The molecule has 13 nitrogen and oxygen atoms in total. The zero-order chi connectivity index (χ0) is 37.5. The Morgan fingerprint density at radius 2 is 1.52 bits per heavy atom. The molecule has 1 saturated heterocycles. The van der Waals surface area contributed by atoms with Crippen LogP contribution in [0, 0.1) is 5.92 Å². The molecule has 5 atom stereocenters. The van der Waals surface area contributed by atoms with Gasteiger partial charge in [-0.15, -0.1) is 0 Å². The van der Waals surface area contributed by atoms with Crippen LogP contribution in [-0.4, -0.2) is 84.5 Å². The van der Waals surface area contributed by atoms with Crippen molar-refractivity contribution in [1.29, 1.82) is 0 Å². The number of allylic oxidation sites excluding steroid dienone is 1. The van der Waals surface area contributed by atoms with Crippen molar-refractivity contribution in [2.24, 2.45) is 11.1 Å². The lowest BCUT2D eigenvalue weighted by molar-refractivity contribution is -0.141. The first-order chi connectivity index (χ1) is 26.1. The highest BCUT2D eigenvalue weighted by atomic mass is 32.2. The number of hydrogen-bond acceptors (Lipinski definition) is 9. The molecule has 4 aliphatic carbocycles. The van der Waals surface area contributed by atoms with Gasteiger partial charge in [0.2, 0.25) is 21.8 Å². The average Bonchev–Trinajstić information content (AvgIpc) is 3.98. The van der Waals surface area contributed by atoms with E-state index in [1.807, 2.05) is 60.7 Å². The molecule has 3 N–H and O–H groups in total. The molecule has 14 heteroatoms. The normalized spacial score (nSPS) is 29.0. The molecular weight excluding hydrogens is 711 g/mol. The number of carbonyl (C=O) groups excluding carboxylic acids is 4. The van der Waals surface area contributed by atoms with Crippen LogP contribution in [0.4, 0.5) is 4.79 Å².